The fraction of sp³-hybridized carbons (Fsp3) is 0. The number of para-hydroxylation sites is 4. The first-order chi connectivity index (χ1) is 28.7. The predicted molar refractivity (Wildman–Crippen MR) is 241 cm³/mol. The van der Waals surface area contributed by atoms with E-state index in [4.69, 9.17) is 8.83 Å². The van der Waals surface area contributed by atoms with Crippen LogP contribution in [0.3, 0.4) is 0 Å². The van der Waals surface area contributed by atoms with Crippen molar-refractivity contribution in [3.8, 4) is 22.3 Å². The van der Waals surface area contributed by atoms with E-state index < -0.39 is 0 Å². The third kappa shape index (κ3) is 4.51. The Hall–Kier alpha value is -7.82. The summed E-state index contributed by atoms with van der Waals surface area (Å²) < 4.78 is 15.0. The van der Waals surface area contributed by atoms with Crippen molar-refractivity contribution in [2.45, 2.75) is 0 Å². The number of benzene rings is 9. The van der Waals surface area contributed by atoms with Crippen LogP contribution in [-0.2, 0) is 0 Å². The zero-order valence-corrected chi connectivity index (χ0v) is 31.2. The van der Waals surface area contributed by atoms with Gasteiger partial charge < -0.3 is 18.1 Å². The van der Waals surface area contributed by atoms with Gasteiger partial charge in [-0.3, -0.25) is 0 Å². The SMILES string of the molecule is c1ccc2c(c1)oc1cc(-c3ccc(N(c4ccc(-c5ccc6c(c5)oc5ccccc56)cc4)c4ccc5c6cccc7c8ccccc8n(c5c4)c76)cc3)ccc12. The summed E-state index contributed by atoms with van der Waals surface area (Å²) in [5.74, 6) is 0. The van der Waals surface area contributed by atoms with E-state index in [1.54, 1.807) is 0 Å². The second-order valence-electron chi connectivity index (χ2n) is 15.3. The van der Waals surface area contributed by atoms with Gasteiger partial charge in [0.25, 0.3) is 0 Å². The molecule has 0 atom stereocenters. The molecule has 0 aliphatic rings. The molecule has 0 N–H and O–H groups in total. The second-order valence-corrected chi connectivity index (χ2v) is 15.3. The average molecular weight is 741 g/mol. The predicted octanol–water partition coefficient (Wildman–Crippen LogP) is 15.4. The molecule has 13 aromatic rings. The number of hydrogen-bond donors (Lipinski definition) is 0. The molecule has 0 radical (unpaired) electrons. The zero-order valence-electron chi connectivity index (χ0n) is 31.2. The van der Waals surface area contributed by atoms with Crippen LogP contribution in [0.4, 0.5) is 17.1 Å². The smallest absolute Gasteiger partial charge is 0.136 e. The molecule has 4 nitrogen and oxygen atoms in total. The minimum absolute atomic E-state index is 0.898. The van der Waals surface area contributed by atoms with E-state index in [2.05, 4.69) is 179 Å². The molecule has 0 saturated heterocycles. The first kappa shape index (κ1) is 31.4. The van der Waals surface area contributed by atoms with Gasteiger partial charge in [-0.25, -0.2) is 0 Å². The van der Waals surface area contributed by atoms with E-state index in [0.717, 1.165) is 83.2 Å². The maximum absolute atomic E-state index is 6.25. The molecule has 0 saturated carbocycles. The summed E-state index contributed by atoms with van der Waals surface area (Å²) in [6, 6.07) is 69.6. The minimum atomic E-state index is 0.898. The van der Waals surface area contributed by atoms with E-state index in [1.807, 2.05) is 24.3 Å². The summed E-state index contributed by atoms with van der Waals surface area (Å²) in [6.45, 7) is 0. The van der Waals surface area contributed by atoms with Crippen molar-refractivity contribution in [3.05, 3.63) is 194 Å². The maximum atomic E-state index is 6.25. The number of aromatic nitrogens is 1. The molecule has 0 amide bonds. The number of rotatable bonds is 5. The molecule has 0 aliphatic carbocycles. The fourth-order valence-electron chi connectivity index (χ4n) is 9.42. The molecule has 4 aromatic heterocycles. The van der Waals surface area contributed by atoms with Crippen molar-refractivity contribution >= 4 is 99.0 Å². The Kier molecular flexibility index (Phi) is 6.41. The van der Waals surface area contributed by atoms with Crippen molar-refractivity contribution in [2.24, 2.45) is 0 Å². The van der Waals surface area contributed by atoms with Crippen LogP contribution in [0.25, 0.3) is 104 Å². The quantitative estimate of drug-likeness (QED) is 0.176. The van der Waals surface area contributed by atoms with Gasteiger partial charge in [-0.15, -0.1) is 0 Å². The van der Waals surface area contributed by atoms with Crippen LogP contribution in [-0.4, -0.2) is 4.40 Å². The van der Waals surface area contributed by atoms with Crippen LogP contribution in [0.15, 0.2) is 203 Å². The molecule has 4 heterocycles. The zero-order chi connectivity index (χ0) is 37.9. The van der Waals surface area contributed by atoms with E-state index >= 15 is 0 Å². The highest BCUT2D eigenvalue weighted by Crippen LogP contribution is 2.43. The van der Waals surface area contributed by atoms with Gasteiger partial charge in [-0.2, -0.15) is 0 Å². The molecule has 13 rings (SSSR count). The normalized spacial score (nSPS) is 12.1. The van der Waals surface area contributed by atoms with Crippen molar-refractivity contribution in [1.82, 2.24) is 4.40 Å². The summed E-state index contributed by atoms with van der Waals surface area (Å²) >= 11 is 0. The van der Waals surface area contributed by atoms with Crippen LogP contribution in [0, 0.1) is 0 Å². The molecular formula is C54H32N2O2. The summed E-state index contributed by atoms with van der Waals surface area (Å²) in [6.07, 6.45) is 0. The molecule has 9 aromatic carbocycles. The van der Waals surface area contributed by atoms with Gasteiger partial charge in [0, 0.05) is 60.2 Å². The van der Waals surface area contributed by atoms with Gasteiger partial charge in [-0.1, -0.05) is 115 Å². The molecule has 58 heavy (non-hydrogen) atoms. The van der Waals surface area contributed by atoms with Crippen molar-refractivity contribution in [2.75, 3.05) is 4.90 Å². The number of furan rings is 2. The Morgan fingerprint density at radius 2 is 0.724 bits per heavy atom. The van der Waals surface area contributed by atoms with Gasteiger partial charge in [0.1, 0.15) is 22.3 Å². The van der Waals surface area contributed by atoms with E-state index in [1.165, 1.54) is 38.1 Å². The Balaban J connectivity index is 0.949. The fourth-order valence-corrected chi connectivity index (χ4v) is 9.42. The standard InChI is InChI=1S/C54H32N2O2/c1-4-13-48-40(8-1)46-11-7-12-47-41-29-26-39(32-49(41)56(48)54(46)47)55(37-22-16-33(17-23-37)35-20-27-44-42-9-2-5-14-50(42)57-52(44)30-35)38-24-18-34(19-25-38)36-21-28-45-43-10-3-6-15-51(43)58-53(45)31-36/h1-32H. The summed E-state index contributed by atoms with van der Waals surface area (Å²) in [4.78, 5) is 2.37. The second kappa shape index (κ2) is 11.8. The molecule has 0 aliphatic heterocycles. The molecule has 270 valence electrons. The molecule has 4 heteroatoms. The largest absolute Gasteiger partial charge is 0.456 e. The number of hydrogen-bond acceptors (Lipinski definition) is 3. The topological polar surface area (TPSA) is 33.9 Å². The van der Waals surface area contributed by atoms with E-state index in [9.17, 15) is 0 Å². The summed E-state index contributed by atoms with van der Waals surface area (Å²) in [5.41, 5.74) is 15.1. The third-order valence-corrected chi connectivity index (χ3v) is 12.1. The third-order valence-electron chi connectivity index (χ3n) is 12.1. The van der Waals surface area contributed by atoms with Crippen LogP contribution >= 0.6 is 0 Å². The molecule has 0 spiro atoms. The first-order valence-corrected chi connectivity index (χ1v) is 19.7. The van der Waals surface area contributed by atoms with Crippen LogP contribution in [0.1, 0.15) is 0 Å². The highest BCUT2D eigenvalue weighted by Gasteiger charge is 2.20. The molecule has 0 fully saturated rings. The monoisotopic (exact) mass is 740 g/mol. The van der Waals surface area contributed by atoms with Gasteiger partial charge in [0.05, 0.1) is 16.6 Å². The van der Waals surface area contributed by atoms with Crippen molar-refractivity contribution in [3.63, 3.8) is 0 Å². The van der Waals surface area contributed by atoms with E-state index in [0.29, 0.717) is 0 Å². The maximum Gasteiger partial charge on any atom is 0.136 e. The number of nitrogens with zero attached hydrogens (tertiary/aromatic N) is 2. The summed E-state index contributed by atoms with van der Waals surface area (Å²) in [5, 5.41) is 9.64. The van der Waals surface area contributed by atoms with E-state index in [-0.39, 0.29) is 0 Å². The lowest BCUT2D eigenvalue weighted by molar-refractivity contribution is 0.668. The minimum Gasteiger partial charge on any atom is -0.456 e. The summed E-state index contributed by atoms with van der Waals surface area (Å²) in [7, 11) is 0. The highest BCUT2D eigenvalue weighted by atomic mass is 16.3. The lowest BCUT2D eigenvalue weighted by Gasteiger charge is -2.26. The molecular weight excluding hydrogens is 709 g/mol. The number of anilines is 3. The van der Waals surface area contributed by atoms with Crippen LogP contribution in [0.2, 0.25) is 0 Å². The lowest BCUT2D eigenvalue weighted by Crippen LogP contribution is -2.10. The van der Waals surface area contributed by atoms with Crippen molar-refractivity contribution < 1.29 is 8.83 Å². The Morgan fingerprint density at radius 3 is 1.31 bits per heavy atom. The van der Waals surface area contributed by atoms with Crippen LogP contribution in [0.5, 0.6) is 0 Å². The van der Waals surface area contributed by atoms with Gasteiger partial charge in [-0.05, 0) is 101 Å². The Bertz CT molecular complexity index is 3580. The average Bonchev–Trinajstić information content (AvgIpc) is 4.03. The molecule has 0 unspecified atom stereocenters. The van der Waals surface area contributed by atoms with Crippen molar-refractivity contribution in [1.29, 1.82) is 0 Å². The Labute approximate surface area is 332 Å². The lowest BCUT2D eigenvalue weighted by atomic mass is 10.0. The Morgan fingerprint density at radius 1 is 0.293 bits per heavy atom. The number of fused-ring (bicyclic) bond motifs is 12. The van der Waals surface area contributed by atoms with Gasteiger partial charge >= 0.3 is 0 Å². The molecule has 0 bridgehead atoms. The van der Waals surface area contributed by atoms with Gasteiger partial charge in [0.15, 0.2) is 0 Å². The van der Waals surface area contributed by atoms with Crippen LogP contribution < -0.4 is 4.90 Å². The highest BCUT2D eigenvalue weighted by molar-refractivity contribution is 6.23. The first-order valence-electron chi connectivity index (χ1n) is 19.7. The van der Waals surface area contributed by atoms with Gasteiger partial charge in [0.2, 0.25) is 0 Å².